The lowest BCUT2D eigenvalue weighted by Crippen LogP contribution is -2.56. The van der Waals surface area contributed by atoms with Crippen molar-refractivity contribution in [3.63, 3.8) is 0 Å². The van der Waals surface area contributed by atoms with Crippen molar-refractivity contribution in [2.24, 2.45) is 0 Å². The Balaban J connectivity index is 2.61. The van der Waals surface area contributed by atoms with E-state index in [4.69, 9.17) is 13.9 Å². The molecule has 0 aliphatic carbocycles. The van der Waals surface area contributed by atoms with Gasteiger partial charge in [-0.05, 0) is 26.8 Å². The van der Waals surface area contributed by atoms with E-state index in [1.54, 1.807) is 0 Å². The molecule has 0 bridgehead atoms. The van der Waals surface area contributed by atoms with E-state index in [1.165, 1.54) is 14.2 Å². The predicted molar refractivity (Wildman–Crippen MR) is 79.4 cm³/mol. The molecule has 6 heteroatoms. The first kappa shape index (κ1) is 15.7. The lowest BCUT2D eigenvalue weighted by molar-refractivity contribution is -0.180. The highest BCUT2D eigenvalue weighted by Crippen LogP contribution is 2.66. The molecule has 0 aromatic heterocycles. The van der Waals surface area contributed by atoms with Crippen LogP contribution < -0.4 is 4.65 Å². The molecule has 0 saturated carbocycles. The van der Waals surface area contributed by atoms with Crippen molar-refractivity contribution in [2.75, 3.05) is 21.3 Å². The zero-order valence-electron chi connectivity index (χ0n) is 12.9. The third kappa shape index (κ3) is 2.14. The molecule has 1 heterocycles. The fraction of sp³-hybridized carbons (Fsp3) is 0.571. The first-order valence-electron chi connectivity index (χ1n) is 6.55. The molecule has 1 aliphatic heterocycles. The number of para-hydroxylation sites is 1. The maximum Gasteiger partial charge on any atom is 0.369 e. The third-order valence-electron chi connectivity index (χ3n) is 4.05. The van der Waals surface area contributed by atoms with Gasteiger partial charge in [-0.25, -0.2) is 0 Å². The largest absolute Gasteiger partial charge is 0.369 e. The van der Waals surface area contributed by atoms with Crippen molar-refractivity contribution in [3.05, 3.63) is 29.8 Å². The summed E-state index contributed by atoms with van der Waals surface area (Å²) >= 11 is 0. The quantitative estimate of drug-likeness (QED) is 0.628. The SMILES string of the molecule is COP(=O)(OC)C1O[N+](C)(C(C)(C)C)c2ccccc21. The van der Waals surface area contributed by atoms with Crippen LogP contribution in [-0.2, 0) is 18.5 Å². The van der Waals surface area contributed by atoms with Crippen molar-refractivity contribution >= 4 is 13.3 Å². The second-order valence-corrected chi connectivity index (χ2v) is 8.30. The molecular formula is C14H23NO4P+. The van der Waals surface area contributed by atoms with E-state index in [9.17, 15) is 4.57 Å². The molecule has 0 N–H and O–H groups in total. The van der Waals surface area contributed by atoms with Gasteiger partial charge in [0.1, 0.15) is 12.6 Å². The van der Waals surface area contributed by atoms with Crippen LogP contribution in [-0.4, -0.2) is 26.8 Å². The van der Waals surface area contributed by atoms with Gasteiger partial charge in [-0.1, -0.05) is 12.1 Å². The second-order valence-electron chi connectivity index (χ2n) is 6.02. The number of benzene rings is 1. The Hall–Kier alpha value is -0.710. The number of hydroxylamine groups is 2. The average Bonchev–Trinajstić information content (AvgIpc) is 2.74. The summed E-state index contributed by atoms with van der Waals surface area (Å²) in [6.45, 7) is 6.24. The van der Waals surface area contributed by atoms with Crippen LogP contribution in [0.4, 0.5) is 5.69 Å². The van der Waals surface area contributed by atoms with E-state index >= 15 is 0 Å². The van der Waals surface area contributed by atoms with Crippen molar-refractivity contribution in [1.29, 1.82) is 0 Å². The monoisotopic (exact) mass is 300 g/mol. The lowest BCUT2D eigenvalue weighted by Gasteiger charge is -2.39. The van der Waals surface area contributed by atoms with Gasteiger partial charge in [0.15, 0.2) is 5.69 Å². The predicted octanol–water partition coefficient (Wildman–Crippen LogP) is 3.85. The maximum atomic E-state index is 12.8. The first-order valence-corrected chi connectivity index (χ1v) is 8.16. The molecule has 0 saturated heterocycles. The minimum atomic E-state index is -3.35. The summed E-state index contributed by atoms with van der Waals surface area (Å²) < 4.78 is 23.2. The van der Waals surface area contributed by atoms with Gasteiger partial charge in [-0.2, -0.15) is 4.84 Å². The molecule has 1 aromatic carbocycles. The minimum absolute atomic E-state index is 0.211. The topological polar surface area (TPSA) is 44.8 Å². The molecule has 0 spiro atoms. The second kappa shape index (κ2) is 4.93. The number of rotatable bonds is 3. The molecule has 2 rings (SSSR count). The molecule has 20 heavy (non-hydrogen) atoms. The fourth-order valence-electron chi connectivity index (χ4n) is 2.41. The van der Waals surface area contributed by atoms with E-state index in [0.29, 0.717) is 0 Å². The Labute approximate surface area is 120 Å². The molecular weight excluding hydrogens is 277 g/mol. The lowest BCUT2D eigenvalue weighted by atomic mass is 10.0. The summed E-state index contributed by atoms with van der Waals surface area (Å²) in [6.07, 6.45) is 0. The van der Waals surface area contributed by atoms with Crippen LogP contribution in [0.5, 0.6) is 0 Å². The van der Waals surface area contributed by atoms with E-state index < -0.39 is 13.4 Å². The Morgan fingerprint density at radius 2 is 1.75 bits per heavy atom. The molecule has 1 aromatic rings. The zero-order chi connectivity index (χ0) is 15.2. The number of hydrogen-bond donors (Lipinski definition) is 0. The Bertz CT molecular complexity index is 546. The summed E-state index contributed by atoms with van der Waals surface area (Å²) in [6, 6.07) is 7.77. The number of quaternary nitrogens is 1. The molecule has 2 atom stereocenters. The Morgan fingerprint density at radius 3 is 2.25 bits per heavy atom. The van der Waals surface area contributed by atoms with Gasteiger partial charge in [0, 0.05) is 20.3 Å². The van der Waals surface area contributed by atoms with Gasteiger partial charge in [-0.15, -0.1) is 4.65 Å². The van der Waals surface area contributed by atoms with E-state index in [2.05, 4.69) is 20.8 Å². The van der Waals surface area contributed by atoms with Gasteiger partial charge in [0.25, 0.3) is 0 Å². The van der Waals surface area contributed by atoms with Crippen LogP contribution in [0.1, 0.15) is 32.2 Å². The standard InChI is InChI=1S/C14H23NO4P/c1-14(2,3)15(4)12-10-8-7-9-11(12)13(19-15)20(16,17-5)18-6/h7-10,13H,1-6H3/q+1. The maximum absolute atomic E-state index is 12.8. The highest BCUT2D eigenvalue weighted by Gasteiger charge is 2.57. The van der Waals surface area contributed by atoms with Gasteiger partial charge in [-0.3, -0.25) is 4.57 Å². The summed E-state index contributed by atoms with van der Waals surface area (Å²) in [5, 5.41) is 0. The van der Waals surface area contributed by atoms with Crippen LogP contribution in [0.3, 0.4) is 0 Å². The van der Waals surface area contributed by atoms with Crippen molar-refractivity contribution < 1.29 is 18.5 Å². The van der Waals surface area contributed by atoms with E-state index in [1.807, 2.05) is 31.3 Å². The Kier molecular flexibility index (Phi) is 3.87. The highest BCUT2D eigenvalue weighted by atomic mass is 31.2. The van der Waals surface area contributed by atoms with Gasteiger partial charge < -0.3 is 9.05 Å². The normalized spacial score (nSPS) is 26.6. The summed E-state index contributed by atoms with van der Waals surface area (Å²) in [5.74, 6) is -0.710. The van der Waals surface area contributed by atoms with Gasteiger partial charge in [0.05, 0.1) is 5.56 Å². The van der Waals surface area contributed by atoms with E-state index in [-0.39, 0.29) is 10.2 Å². The smallest absolute Gasteiger partial charge is 0.310 e. The van der Waals surface area contributed by atoms with Crippen LogP contribution in [0, 0.1) is 0 Å². The van der Waals surface area contributed by atoms with Crippen molar-refractivity contribution in [1.82, 2.24) is 4.65 Å². The number of fused-ring (bicyclic) bond motifs is 1. The molecule has 2 unspecified atom stereocenters. The van der Waals surface area contributed by atoms with Gasteiger partial charge >= 0.3 is 7.60 Å². The van der Waals surface area contributed by atoms with E-state index in [0.717, 1.165) is 11.3 Å². The Morgan fingerprint density at radius 1 is 1.20 bits per heavy atom. The minimum Gasteiger partial charge on any atom is -0.310 e. The average molecular weight is 300 g/mol. The summed E-state index contributed by atoms with van der Waals surface area (Å²) in [4.78, 5) is 6.16. The molecule has 0 radical (unpaired) electrons. The fourth-order valence-corrected chi connectivity index (χ4v) is 3.81. The van der Waals surface area contributed by atoms with Crippen molar-refractivity contribution in [3.8, 4) is 0 Å². The van der Waals surface area contributed by atoms with Gasteiger partial charge in [0.2, 0.25) is 5.85 Å². The van der Waals surface area contributed by atoms with Crippen LogP contribution in [0.25, 0.3) is 0 Å². The zero-order valence-corrected chi connectivity index (χ0v) is 13.8. The molecule has 5 nitrogen and oxygen atoms in total. The van der Waals surface area contributed by atoms with Crippen LogP contribution >= 0.6 is 7.60 Å². The molecule has 112 valence electrons. The number of nitrogens with zero attached hydrogens (tertiary/aromatic N) is 1. The first-order chi connectivity index (χ1) is 9.19. The number of hydrogen-bond acceptors (Lipinski definition) is 4. The summed E-state index contributed by atoms with van der Waals surface area (Å²) in [5.41, 5.74) is 1.63. The molecule has 0 fully saturated rings. The van der Waals surface area contributed by atoms with Crippen LogP contribution in [0.2, 0.25) is 0 Å². The van der Waals surface area contributed by atoms with Crippen molar-refractivity contribution in [2.45, 2.75) is 32.2 Å². The summed E-state index contributed by atoms with van der Waals surface area (Å²) in [7, 11) is 1.39. The third-order valence-corrected chi connectivity index (χ3v) is 6.01. The molecule has 0 amide bonds. The highest BCUT2D eigenvalue weighted by molar-refractivity contribution is 7.54. The van der Waals surface area contributed by atoms with Crippen LogP contribution in [0.15, 0.2) is 24.3 Å². The molecule has 1 aliphatic rings.